The van der Waals surface area contributed by atoms with E-state index in [0.717, 1.165) is 16.5 Å². The van der Waals surface area contributed by atoms with Crippen molar-refractivity contribution in [3.8, 4) is 5.88 Å². The van der Waals surface area contributed by atoms with Crippen LogP contribution in [0.4, 0.5) is 0 Å². The lowest BCUT2D eigenvalue weighted by atomic mass is 10.1. The number of nitrogens with zero attached hydrogens (tertiary/aromatic N) is 2. The number of aliphatic hydroxyl groups excluding tert-OH is 2. The highest BCUT2D eigenvalue weighted by Gasteiger charge is 2.45. The van der Waals surface area contributed by atoms with Crippen molar-refractivity contribution in [1.82, 2.24) is 9.55 Å². The minimum absolute atomic E-state index is 0.0847. The van der Waals surface area contributed by atoms with E-state index in [2.05, 4.69) is 4.98 Å². The first-order valence-corrected chi connectivity index (χ1v) is 10.1. The lowest BCUT2D eigenvalue weighted by Crippen LogP contribution is -2.35. The van der Waals surface area contributed by atoms with Crippen LogP contribution in [-0.4, -0.2) is 67.6 Å². The standard InChI is InChI=1S/C21H25N3O9/c1-11(7-14(25)31-8-12-5-3-2-4-6-12)21(30)32-9-13-16(26)17(27)20(33-13)24-10-23-15(18(22)28)19(24)29/h2-6,10-11,13,16-17,20,26-27,29H,7-9H2,1H3,(H2,22,28). The van der Waals surface area contributed by atoms with Gasteiger partial charge in [-0.1, -0.05) is 37.3 Å². The zero-order valence-corrected chi connectivity index (χ0v) is 17.7. The van der Waals surface area contributed by atoms with E-state index in [1.165, 1.54) is 6.92 Å². The first-order valence-electron chi connectivity index (χ1n) is 10.1. The Bertz CT molecular complexity index is 994. The number of primary amides is 1. The summed E-state index contributed by atoms with van der Waals surface area (Å²) in [4.78, 5) is 39.1. The number of hydrogen-bond donors (Lipinski definition) is 4. The topological polar surface area (TPSA) is 183 Å². The Morgan fingerprint density at radius 2 is 1.88 bits per heavy atom. The molecule has 5 unspecified atom stereocenters. The first-order chi connectivity index (χ1) is 15.7. The molecule has 0 spiro atoms. The largest absolute Gasteiger partial charge is 0.493 e. The van der Waals surface area contributed by atoms with E-state index < -0.39 is 66.5 Å². The molecule has 12 heteroatoms. The normalized spacial score (nSPS) is 23.1. The van der Waals surface area contributed by atoms with Gasteiger partial charge >= 0.3 is 11.9 Å². The molecular formula is C21H25N3O9. The quantitative estimate of drug-likeness (QED) is 0.357. The van der Waals surface area contributed by atoms with Crippen LogP contribution >= 0.6 is 0 Å². The second-order valence-corrected chi connectivity index (χ2v) is 7.62. The molecule has 1 aliphatic rings. The van der Waals surface area contributed by atoms with Crippen LogP contribution in [0.2, 0.25) is 0 Å². The molecule has 178 valence electrons. The van der Waals surface area contributed by atoms with Crippen molar-refractivity contribution in [1.29, 1.82) is 0 Å². The van der Waals surface area contributed by atoms with Crippen molar-refractivity contribution in [2.24, 2.45) is 11.7 Å². The number of hydrogen-bond acceptors (Lipinski definition) is 10. The van der Waals surface area contributed by atoms with Gasteiger partial charge in [-0.05, 0) is 5.56 Å². The molecule has 1 aromatic carbocycles. The van der Waals surface area contributed by atoms with Crippen LogP contribution in [0.25, 0.3) is 0 Å². The summed E-state index contributed by atoms with van der Waals surface area (Å²) in [6.45, 7) is 1.15. The van der Waals surface area contributed by atoms with Crippen molar-refractivity contribution in [3.63, 3.8) is 0 Å². The maximum atomic E-state index is 12.2. The monoisotopic (exact) mass is 463 g/mol. The molecule has 1 saturated heterocycles. The fourth-order valence-electron chi connectivity index (χ4n) is 3.25. The number of amides is 1. The van der Waals surface area contributed by atoms with E-state index in [4.69, 9.17) is 19.9 Å². The highest BCUT2D eigenvalue weighted by Crippen LogP contribution is 2.33. The minimum Gasteiger partial charge on any atom is -0.493 e. The molecule has 1 aromatic heterocycles. The van der Waals surface area contributed by atoms with E-state index >= 15 is 0 Å². The van der Waals surface area contributed by atoms with Gasteiger partial charge in [0.25, 0.3) is 5.91 Å². The number of carbonyl (C=O) groups is 3. The van der Waals surface area contributed by atoms with Gasteiger partial charge in [0.2, 0.25) is 5.88 Å². The molecule has 0 saturated carbocycles. The number of benzene rings is 1. The van der Waals surface area contributed by atoms with Crippen molar-refractivity contribution >= 4 is 17.8 Å². The van der Waals surface area contributed by atoms with E-state index in [-0.39, 0.29) is 13.0 Å². The third kappa shape index (κ3) is 5.66. The van der Waals surface area contributed by atoms with E-state index in [0.29, 0.717) is 0 Å². The van der Waals surface area contributed by atoms with Gasteiger partial charge in [0.05, 0.1) is 12.3 Å². The zero-order chi connectivity index (χ0) is 24.1. The molecule has 0 radical (unpaired) electrons. The number of carbonyl (C=O) groups excluding carboxylic acids is 3. The molecule has 3 rings (SSSR count). The molecule has 33 heavy (non-hydrogen) atoms. The number of aliphatic hydroxyl groups is 2. The van der Waals surface area contributed by atoms with E-state index in [9.17, 15) is 29.7 Å². The molecule has 1 amide bonds. The van der Waals surface area contributed by atoms with Crippen molar-refractivity contribution < 1.29 is 43.9 Å². The fourth-order valence-corrected chi connectivity index (χ4v) is 3.25. The van der Waals surface area contributed by atoms with Crippen LogP contribution in [0.5, 0.6) is 5.88 Å². The van der Waals surface area contributed by atoms with Gasteiger partial charge in [0, 0.05) is 0 Å². The Morgan fingerprint density at radius 3 is 2.52 bits per heavy atom. The number of rotatable bonds is 9. The average molecular weight is 463 g/mol. The van der Waals surface area contributed by atoms with Gasteiger partial charge in [0.1, 0.15) is 37.9 Å². The van der Waals surface area contributed by atoms with Crippen molar-refractivity contribution in [2.75, 3.05) is 6.61 Å². The Balaban J connectivity index is 1.49. The molecule has 1 fully saturated rings. The van der Waals surface area contributed by atoms with Gasteiger partial charge in [-0.25, -0.2) is 4.98 Å². The Morgan fingerprint density at radius 1 is 1.18 bits per heavy atom. The maximum Gasteiger partial charge on any atom is 0.309 e. The average Bonchev–Trinajstić information content (AvgIpc) is 3.31. The van der Waals surface area contributed by atoms with Gasteiger partial charge in [0.15, 0.2) is 11.9 Å². The first kappa shape index (κ1) is 24.2. The van der Waals surface area contributed by atoms with Crippen LogP contribution in [0, 0.1) is 5.92 Å². The van der Waals surface area contributed by atoms with Crippen LogP contribution in [0.1, 0.15) is 35.6 Å². The third-order valence-electron chi connectivity index (χ3n) is 5.12. The molecule has 1 aliphatic heterocycles. The lowest BCUT2D eigenvalue weighted by molar-refractivity contribution is -0.159. The van der Waals surface area contributed by atoms with Gasteiger partial charge in [-0.3, -0.25) is 19.0 Å². The van der Waals surface area contributed by atoms with Gasteiger partial charge in [-0.15, -0.1) is 0 Å². The molecule has 0 bridgehead atoms. The number of nitrogens with two attached hydrogens (primary N) is 1. The smallest absolute Gasteiger partial charge is 0.309 e. The molecule has 2 aromatic rings. The fraction of sp³-hybridized carbons (Fsp3) is 0.429. The Kier molecular flexibility index (Phi) is 7.63. The second kappa shape index (κ2) is 10.4. The Labute approximate surface area is 188 Å². The molecule has 0 aliphatic carbocycles. The number of ether oxygens (including phenoxy) is 3. The number of aromatic nitrogens is 2. The Hall–Kier alpha value is -3.48. The van der Waals surface area contributed by atoms with Crippen LogP contribution < -0.4 is 5.73 Å². The number of imidazole rings is 1. The van der Waals surface area contributed by atoms with Crippen molar-refractivity contribution in [3.05, 3.63) is 47.9 Å². The molecule has 12 nitrogen and oxygen atoms in total. The number of aromatic hydroxyl groups is 1. The van der Waals surface area contributed by atoms with Gasteiger partial charge < -0.3 is 35.3 Å². The van der Waals surface area contributed by atoms with E-state index in [1.807, 2.05) is 18.2 Å². The molecule has 5 atom stereocenters. The predicted molar refractivity (Wildman–Crippen MR) is 109 cm³/mol. The highest BCUT2D eigenvalue weighted by molar-refractivity contribution is 5.93. The maximum absolute atomic E-state index is 12.2. The zero-order valence-electron chi connectivity index (χ0n) is 17.7. The molecule has 2 heterocycles. The summed E-state index contributed by atoms with van der Waals surface area (Å²) in [5.74, 6) is -3.73. The number of esters is 2. The van der Waals surface area contributed by atoms with Crippen LogP contribution in [-0.2, 0) is 30.4 Å². The summed E-state index contributed by atoms with van der Waals surface area (Å²) in [7, 11) is 0. The third-order valence-corrected chi connectivity index (χ3v) is 5.12. The molecule has 5 N–H and O–H groups in total. The summed E-state index contributed by atoms with van der Waals surface area (Å²) in [6, 6.07) is 9.08. The highest BCUT2D eigenvalue weighted by atomic mass is 16.6. The lowest BCUT2D eigenvalue weighted by Gasteiger charge is -2.17. The minimum atomic E-state index is -1.51. The predicted octanol–water partition coefficient (Wildman–Crippen LogP) is -0.380. The van der Waals surface area contributed by atoms with Gasteiger partial charge in [-0.2, -0.15) is 0 Å². The summed E-state index contributed by atoms with van der Waals surface area (Å²) in [5.41, 5.74) is 5.48. The summed E-state index contributed by atoms with van der Waals surface area (Å²) < 4.78 is 16.7. The van der Waals surface area contributed by atoms with Crippen molar-refractivity contribution in [2.45, 2.75) is 44.5 Å². The van der Waals surface area contributed by atoms with E-state index in [1.54, 1.807) is 12.1 Å². The van der Waals surface area contributed by atoms with Crippen LogP contribution in [0.15, 0.2) is 36.7 Å². The molecular weight excluding hydrogens is 438 g/mol. The van der Waals surface area contributed by atoms with Crippen LogP contribution in [0.3, 0.4) is 0 Å². The summed E-state index contributed by atoms with van der Waals surface area (Å²) in [6.07, 6.45) is -4.59. The second-order valence-electron chi connectivity index (χ2n) is 7.62. The summed E-state index contributed by atoms with van der Waals surface area (Å²) in [5, 5.41) is 30.5. The SMILES string of the molecule is CC(CC(=O)OCc1ccccc1)C(=O)OCC1OC(n2cnc(C(N)=O)c2O)C(O)C1O. The summed E-state index contributed by atoms with van der Waals surface area (Å²) >= 11 is 0.